The minimum atomic E-state index is 0.273. The average molecular weight is 267 g/mol. The molecule has 0 spiro atoms. The number of carbonyl (C=O) groups is 1. The second-order valence-corrected chi connectivity index (χ2v) is 4.40. The highest BCUT2D eigenvalue weighted by atomic mass is 16.5. The highest BCUT2D eigenvalue weighted by Gasteiger charge is 2.09. The van der Waals surface area contributed by atoms with Gasteiger partial charge in [-0.3, -0.25) is 9.48 Å². The largest absolute Gasteiger partial charge is 0.485 e. The number of aldehydes is 1. The van der Waals surface area contributed by atoms with Gasteiger partial charge in [-0.1, -0.05) is 30.3 Å². The fourth-order valence-electron chi connectivity index (χ4n) is 2.12. The number of hydrogen-bond acceptors (Lipinski definition) is 4. The van der Waals surface area contributed by atoms with Crippen LogP contribution in [-0.4, -0.2) is 21.1 Å². The number of benzene rings is 2. The Labute approximate surface area is 115 Å². The summed E-state index contributed by atoms with van der Waals surface area (Å²) in [6.45, 7) is 0.273. The number of carbonyl (C=O) groups excluding carboxylic acids is 1. The summed E-state index contributed by atoms with van der Waals surface area (Å²) in [5, 5.41) is 5.88. The SMILES string of the molecule is Cn1ncnc1COc1ccc2ccccc2c1C=O. The zero-order valence-electron chi connectivity index (χ0n) is 11.0. The van der Waals surface area contributed by atoms with Gasteiger partial charge < -0.3 is 4.74 Å². The molecular formula is C15H13N3O2. The van der Waals surface area contributed by atoms with Crippen molar-refractivity contribution >= 4 is 17.1 Å². The first-order valence-corrected chi connectivity index (χ1v) is 6.22. The molecule has 5 heteroatoms. The van der Waals surface area contributed by atoms with Crippen molar-refractivity contribution in [3.63, 3.8) is 0 Å². The summed E-state index contributed by atoms with van der Waals surface area (Å²) in [6, 6.07) is 11.5. The van der Waals surface area contributed by atoms with Crippen LogP contribution in [0.3, 0.4) is 0 Å². The Bertz CT molecular complexity index is 765. The molecule has 1 heterocycles. The highest BCUT2D eigenvalue weighted by molar-refractivity contribution is 6.00. The van der Waals surface area contributed by atoms with Gasteiger partial charge in [-0.15, -0.1) is 0 Å². The molecule has 0 saturated carbocycles. The van der Waals surface area contributed by atoms with Gasteiger partial charge in [0.25, 0.3) is 0 Å². The Morgan fingerprint density at radius 2 is 2.10 bits per heavy atom. The molecule has 0 unspecified atom stereocenters. The van der Waals surface area contributed by atoms with Gasteiger partial charge >= 0.3 is 0 Å². The molecule has 0 amide bonds. The number of rotatable bonds is 4. The summed E-state index contributed by atoms with van der Waals surface area (Å²) in [6.07, 6.45) is 2.30. The van der Waals surface area contributed by atoms with Crippen LogP contribution >= 0.6 is 0 Å². The van der Waals surface area contributed by atoms with Crippen LogP contribution in [0.1, 0.15) is 16.2 Å². The van der Waals surface area contributed by atoms with Crippen LogP contribution in [0.2, 0.25) is 0 Å². The zero-order chi connectivity index (χ0) is 13.9. The van der Waals surface area contributed by atoms with Crippen LogP contribution < -0.4 is 4.74 Å². The van der Waals surface area contributed by atoms with Gasteiger partial charge in [0.1, 0.15) is 18.7 Å². The molecule has 0 saturated heterocycles. The summed E-state index contributed by atoms with van der Waals surface area (Å²) in [5.41, 5.74) is 0.560. The van der Waals surface area contributed by atoms with Gasteiger partial charge in [-0.2, -0.15) is 5.10 Å². The first kappa shape index (κ1) is 12.3. The number of aryl methyl sites for hydroxylation is 1. The number of hydrogen-bond donors (Lipinski definition) is 0. The Kier molecular flexibility index (Phi) is 3.16. The predicted octanol–water partition coefficient (Wildman–Crippen LogP) is 2.36. The third-order valence-electron chi connectivity index (χ3n) is 3.21. The second-order valence-electron chi connectivity index (χ2n) is 4.40. The maximum Gasteiger partial charge on any atom is 0.164 e. The molecule has 5 nitrogen and oxygen atoms in total. The van der Waals surface area contributed by atoms with E-state index in [-0.39, 0.29) is 6.61 Å². The molecular weight excluding hydrogens is 254 g/mol. The van der Waals surface area contributed by atoms with E-state index in [1.807, 2.05) is 36.4 Å². The predicted molar refractivity (Wildman–Crippen MR) is 74.7 cm³/mol. The number of aromatic nitrogens is 3. The van der Waals surface area contributed by atoms with E-state index in [0.717, 1.165) is 17.1 Å². The van der Waals surface area contributed by atoms with E-state index in [1.165, 1.54) is 6.33 Å². The molecule has 1 aromatic heterocycles. The maximum atomic E-state index is 11.4. The summed E-state index contributed by atoms with van der Waals surface area (Å²) in [5.74, 6) is 1.26. The number of ether oxygens (including phenoxy) is 1. The van der Waals surface area contributed by atoms with Crippen LogP contribution in [0.15, 0.2) is 42.7 Å². The van der Waals surface area contributed by atoms with E-state index < -0.39 is 0 Å². The van der Waals surface area contributed by atoms with Gasteiger partial charge in [0.15, 0.2) is 12.1 Å². The van der Waals surface area contributed by atoms with Crippen molar-refractivity contribution in [2.75, 3.05) is 0 Å². The molecule has 0 radical (unpaired) electrons. The topological polar surface area (TPSA) is 57.0 Å². The van der Waals surface area contributed by atoms with Crippen molar-refractivity contribution in [1.82, 2.24) is 14.8 Å². The highest BCUT2D eigenvalue weighted by Crippen LogP contribution is 2.27. The van der Waals surface area contributed by atoms with Crippen molar-refractivity contribution in [3.05, 3.63) is 54.1 Å². The molecule has 0 aliphatic rings. The zero-order valence-corrected chi connectivity index (χ0v) is 11.0. The van der Waals surface area contributed by atoms with Crippen LogP contribution in [0.5, 0.6) is 5.75 Å². The number of fused-ring (bicyclic) bond motifs is 1. The molecule has 3 rings (SSSR count). The summed E-state index contributed by atoms with van der Waals surface area (Å²) in [4.78, 5) is 15.4. The van der Waals surface area contributed by atoms with E-state index in [9.17, 15) is 4.79 Å². The molecule has 3 aromatic rings. The van der Waals surface area contributed by atoms with Crippen molar-refractivity contribution in [1.29, 1.82) is 0 Å². The Morgan fingerprint density at radius 1 is 1.25 bits per heavy atom. The van der Waals surface area contributed by atoms with E-state index >= 15 is 0 Å². The normalized spacial score (nSPS) is 10.7. The molecule has 2 aromatic carbocycles. The van der Waals surface area contributed by atoms with Gasteiger partial charge in [0.2, 0.25) is 0 Å². The van der Waals surface area contributed by atoms with Gasteiger partial charge in [-0.25, -0.2) is 4.98 Å². The van der Waals surface area contributed by atoms with E-state index in [2.05, 4.69) is 10.1 Å². The van der Waals surface area contributed by atoms with Crippen molar-refractivity contribution in [3.8, 4) is 5.75 Å². The molecule has 100 valence electrons. The fourth-order valence-corrected chi connectivity index (χ4v) is 2.12. The third kappa shape index (κ3) is 2.14. The van der Waals surface area contributed by atoms with Gasteiger partial charge in [-0.05, 0) is 16.8 Å². The molecule has 0 bridgehead atoms. The van der Waals surface area contributed by atoms with Crippen LogP contribution in [-0.2, 0) is 13.7 Å². The minimum absolute atomic E-state index is 0.273. The lowest BCUT2D eigenvalue weighted by molar-refractivity contribution is 0.112. The average Bonchev–Trinajstić information content (AvgIpc) is 2.89. The lowest BCUT2D eigenvalue weighted by Gasteiger charge is -2.10. The molecule has 0 N–H and O–H groups in total. The first-order valence-electron chi connectivity index (χ1n) is 6.22. The smallest absolute Gasteiger partial charge is 0.164 e. The van der Waals surface area contributed by atoms with Crippen molar-refractivity contribution in [2.24, 2.45) is 7.05 Å². The molecule has 20 heavy (non-hydrogen) atoms. The third-order valence-corrected chi connectivity index (χ3v) is 3.21. The minimum Gasteiger partial charge on any atom is -0.485 e. The Morgan fingerprint density at radius 3 is 2.85 bits per heavy atom. The van der Waals surface area contributed by atoms with Crippen molar-refractivity contribution in [2.45, 2.75) is 6.61 Å². The molecule has 0 fully saturated rings. The van der Waals surface area contributed by atoms with Crippen LogP contribution in [0.4, 0.5) is 0 Å². The lowest BCUT2D eigenvalue weighted by atomic mass is 10.0. The van der Waals surface area contributed by atoms with Gasteiger partial charge in [0.05, 0.1) is 5.56 Å². The Balaban J connectivity index is 1.95. The fraction of sp³-hybridized carbons (Fsp3) is 0.133. The lowest BCUT2D eigenvalue weighted by Crippen LogP contribution is -2.05. The van der Waals surface area contributed by atoms with Crippen molar-refractivity contribution < 1.29 is 9.53 Å². The van der Waals surface area contributed by atoms with E-state index in [0.29, 0.717) is 17.1 Å². The second kappa shape index (κ2) is 5.13. The van der Waals surface area contributed by atoms with Crippen LogP contribution in [0, 0.1) is 0 Å². The molecule has 0 atom stereocenters. The maximum absolute atomic E-state index is 11.4. The summed E-state index contributed by atoms with van der Waals surface area (Å²) in [7, 11) is 1.80. The quantitative estimate of drug-likeness (QED) is 0.681. The standard InChI is InChI=1S/C15H13N3O2/c1-18-15(16-10-17-18)9-20-14-7-6-11-4-2-3-5-12(11)13(14)8-19/h2-8,10H,9H2,1H3. The number of nitrogens with zero attached hydrogens (tertiary/aromatic N) is 3. The monoisotopic (exact) mass is 267 g/mol. The van der Waals surface area contributed by atoms with Gasteiger partial charge in [0, 0.05) is 7.05 Å². The van der Waals surface area contributed by atoms with E-state index in [1.54, 1.807) is 11.7 Å². The summed E-state index contributed by atoms with van der Waals surface area (Å²) >= 11 is 0. The van der Waals surface area contributed by atoms with E-state index in [4.69, 9.17) is 4.74 Å². The van der Waals surface area contributed by atoms with Crippen LogP contribution in [0.25, 0.3) is 10.8 Å². The first-order chi connectivity index (χ1) is 9.79. The molecule has 0 aliphatic carbocycles. The Hall–Kier alpha value is -2.69. The summed E-state index contributed by atoms with van der Waals surface area (Å²) < 4.78 is 7.35. The molecule has 0 aliphatic heterocycles.